The molecular formula is C17H23NO3. The van der Waals surface area contributed by atoms with Crippen molar-refractivity contribution in [1.29, 1.82) is 0 Å². The molecule has 4 nitrogen and oxygen atoms in total. The molecule has 0 bridgehead atoms. The van der Waals surface area contributed by atoms with E-state index in [1.807, 2.05) is 27.7 Å². The molecular weight excluding hydrogens is 266 g/mol. The van der Waals surface area contributed by atoms with Gasteiger partial charge in [0, 0.05) is 24.3 Å². The minimum Gasteiger partial charge on any atom is -0.384 e. The normalized spacial score (nSPS) is 10.7. The molecule has 0 spiro atoms. The molecule has 1 aromatic carbocycles. The Hall–Kier alpha value is -1.83. The Kier molecular flexibility index (Phi) is 6.41. The van der Waals surface area contributed by atoms with Crippen LogP contribution in [-0.4, -0.2) is 36.4 Å². The maximum Gasteiger partial charge on any atom is 0.251 e. The highest BCUT2D eigenvalue weighted by atomic mass is 16.5. The van der Waals surface area contributed by atoms with Crippen LogP contribution in [0.2, 0.25) is 0 Å². The summed E-state index contributed by atoms with van der Waals surface area (Å²) in [4.78, 5) is 12.1. The fourth-order valence-electron chi connectivity index (χ4n) is 1.92. The highest BCUT2D eigenvalue weighted by Crippen LogP contribution is 2.11. The number of benzene rings is 1. The second-order valence-corrected chi connectivity index (χ2v) is 5.36. The first-order valence-corrected chi connectivity index (χ1v) is 7.02. The van der Waals surface area contributed by atoms with Crippen LogP contribution >= 0.6 is 0 Å². The topological polar surface area (TPSA) is 58.6 Å². The predicted molar refractivity (Wildman–Crippen MR) is 83.2 cm³/mol. The molecule has 1 rings (SSSR count). The Balaban J connectivity index is 2.73. The van der Waals surface area contributed by atoms with Crippen molar-refractivity contribution in [2.45, 2.75) is 33.3 Å². The smallest absolute Gasteiger partial charge is 0.251 e. The van der Waals surface area contributed by atoms with E-state index in [4.69, 9.17) is 9.84 Å². The summed E-state index contributed by atoms with van der Waals surface area (Å²) in [5, 5.41) is 11.6. The predicted octanol–water partition coefficient (Wildman–Crippen LogP) is 1.88. The van der Waals surface area contributed by atoms with Crippen LogP contribution in [0.4, 0.5) is 0 Å². The maximum absolute atomic E-state index is 12.1. The molecule has 1 amide bonds. The van der Waals surface area contributed by atoms with Crippen molar-refractivity contribution in [2.24, 2.45) is 0 Å². The molecule has 114 valence electrons. The van der Waals surface area contributed by atoms with Gasteiger partial charge in [-0.05, 0) is 51.5 Å². The first kappa shape index (κ1) is 17.2. The van der Waals surface area contributed by atoms with Gasteiger partial charge in [0.1, 0.15) is 6.61 Å². The summed E-state index contributed by atoms with van der Waals surface area (Å²) in [5.74, 6) is 5.32. The summed E-state index contributed by atoms with van der Waals surface area (Å²) in [5.41, 5.74) is 1.93. The molecule has 1 aromatic rings. The van der Waals surface area contributed by atoms with E-state index in [-0.39, 0.29) is 18.1 Å². The lowest BCUT2D eigenvalue weighted by Crippen LogP contribution is -2.40. The van der Waals surface area contributed by atoms with E-state index >= 15 is 0 Å². The van der Waals surface area contributed by atoms with Crippen molar-refractivity contribution >= 4 is 5.91 Å². The molecule has 0 saturated carbocycles. The molecule has 0 aromatic heterocycles. The standard InChI is InChI=1S/C17H23NO3/c1-5-21-17(3,4)12-18-16(20)15-9-8-14(7-6-10-19)13(2)11-15/h8-9,11,19H,5,10,12H2,1-4H3,(H,18,20). The molecule has 21 heavy (non-hydrogen) atoms. The molecule has 0 atom stereocenters. The lowest BCUT2D eigenvalue weighted by molar-refractivity contribution is -0.00815. The van der Waals surface area contributed by atoms with Crippen LogP contribution in [0.3, 0.4) is 0 Å². The molecule has 0 aliphatic carbocycles. The second-order valence-electron chi connectivity index (χ2n) is 5.36. The minimum atomic E-state index is -0.383. The molecule has 0 unspecified atom stereocenters. The molecule has 4 heteroatoms. The van der Waals surface area contributed by atoms with E-state index in [9.17, 15) is 4.79 Å². The summed E-state index contributed by atoms with van der Waals surface area (Å²) in [6.45, 7) is 8.59. The third-order valence-corrected chi connectivity index (χ3v) is 3.00. The fourth-order valence-corrected chi connectivity index (χ4v) is 1.92. The Morgan fingerprint density at radius 2 is 2.14 bits per heavy atom. The van der Waals surface area contributed by atoms with Crippen molar-refractivity contribution in [3.05, 3.63) is 34.9 Å². The number of aliphatic hydroxyl groups is 1. The molecule has 0 heterocycles. The Morgan fingerprint density at radius 1 is 1.43 bits per heavy atom. The average Bonchev–Trinajstić information content (AvgIpc) is 2.43. The van der Waals surface area contributed by atoms with E-state index in [2.05, 4.69) is 17.2 Å². The monoisotopic (exact) mass is 289 g/mol. The van der Waals surface area contributed by atoms with E-state index in [1.54, 1.807) is 18.2 Å². The van der Waals surface area contributed by atoms with Crippen LogP contribution < -0.4 is 5.32 Å². The number of nitrogens with one attached hydrogen (secondary N) is 1. The SMILES string of the molecule is CCOC(C)(C)CNC(=O)c1ccc(C#CCO)c(C)c1. The third kappa shape index (κ3) is 5.58. The first-order valence-electron chi connectivity index (χ1n) is 7.02. The van der Waals surface area contributed by atoms with Crippen LogP contribution in [-0.2, 0) is 4.74 Å². The zero-order valence-corrected chi connectivity index (χ0v) is 13.1. The van der Waals surface area contributed by atoms with Crippen molar-refractivity contribution < 1.29 is 14.6 Å². The lowest BCUT2D eigenvalue weighted by Gasteiger charge is -2.24. The third-order valence-electron chi connectivity index (χ3n) is 3.00. The van der Waals surface area contributed by atoms with Crippen molar-refractivity contribution in [1.82, 2.24) is 5.32 Å². The zero-order chi connectivity index (χ0) is 15.9. The molecule has 0 radical (unpaired) electrons. The van der Waals surface area contributed by atoms with Gasteiger partial charge in [0.2, 0.25) is 0 Å². The van der Waals surface area contributed by atoms with E-state index in [0.717, 1.165) is 11.1 Å². The Labute approximate surface area is 126 Å². The highest BCUT2D eigenvalue weighted by Gasteiger charge is 2.19. The van der Waals surface area contributed by atoms with Gasteiger partial charge in [0.25, 0.3) is 5.91 Å². The van der Waals surface area contributed by atoms with Crippen LogP contribution in [0.25, 0.3) is 0 Å². The van der Waals surface area contributed by atoms with Crippen LogP contribution in [0.5, 0.6) is 0 Å². The number of aryl methyl sites for hydroxylation is 1. The van der Waals surface area contributed by atoms with Crippen molar-refractivity contribution in [3.63, 3.8) is 0 Å². The highest BCUT2D eigenvalue weighted by molar-refractivity contribution is 5.94. The molecule has 0 aliphatic heterocycles. The summed E-state index contributed by atoms with van der Waals surface area (Å²) < 4.78 is 5.55. The van der Waals surface area contributed by atoms with Gasteiger partial charge in [-0.25, -0.2) is 0 Å². The van der Waals surface area contributed by atoms with Gasteiger partial charge >= 0.3 is 0 Å². The number of hydrogen-bond donors (Lipinski definition) is 2. The van der Waals surface area contributed by atoms with E-state index in [0.29, 0.717) is 18.7 Å². The van der Waals surface area contributed by atoms with Crippen molar-refractivity contribution in [2.75, 3.05) is 19.8 Å². The molecule has 0 saturated heterocycles. The van der Waals surface area contributed by atoms with Gasteiger partial charge in [-0.1, -0.05) is 11.8 Å². The number of rotatable bonds is 5. The number of aliphatic hydroxyl groups excluding tert-OH is 1. The van der Waals surface area contributed by atoms with Gasteiger partial charge in [-0.2, -0.15) is 0 Å². The average molecular weight is 289 g/mol. The first-order chi connectivity index (χ1) is 9.89. The molecule has 0 fully saturated rings. The summed E-state index contributed by atoms with van der Waals surface area (Å²) in [7, 11) is 0. The molecule has 2 N–H and O–H groups in total. The minimum absolute atomic E-state index is 0.132. The van der Waals surface area contributed by atoms with Crippen LogP contribution in [0.15, 0.2) is 18.2 Å². The van der Waals surface area contributed by atoms with Gasteiger partial charge in [0.05, 0.1) is 5.60 Å². The number of ether oxygens (including phenoxy) is 1. The van der Waals surface area contributed by atoms with Crippen LogP contribution in [0, 0.1) is 18.8 Å². The van der Waals surface area contributed by atoms with Gasteiger partial charge in [0.15, 0.2) is 0 Å². The van der Waals surface area contributed by atoms with Crippen LogP contribution in [0.1, 0.15) is 42.3 Å². The van der Waals surface area contributed by atoms with Gasteiger partial charge in [-0.3, -0.25) is 4.79 Å². The fraction of sp³-hybridized carbons (Fsp3) is 0.471. The van der Waals surface area contributed by atoms with Crippen molar-refractivity contribution in [3.8, 4) is 11.8 Å². The number of carbonyl (C=O) groups is 1. The zero-order valence-electron chi connectivity index (χ0n) is 13.1. The summed E-state index contributed by atoms with van der Waals surface area (Å²) >= 11 is 0. The quantitative estimate of drug-likeness (QED) is 0.814. The van der Waals surface area contributed by atoms with Gasteiger partial charge < -0.3 is 15.2 Å². The Morgan fingerprint density at radius 3 is 2.71 bits per heavy atom. The summed E-state index contributed by atoms with van der Waals surface area (Å²) in [6, 6.07) is 5.32. The number of amides is 1. The number of hydrogen-bond acceptors (Lipinski definition) is 3. The van der Waals surface area contributed by atoms with Gasteiger partial charge in [-0.15, -0.1) is 0 Å². The summed E-state index contributed by atoms with van der Waals surface area (Å²) in [6.07, 6.45) is 0. The Bertz CT molecular complexity index is 553. The maximum atomic E-state index is 12.1. The lowest BCUT2D eigenvalue weighted by atomic mass is 10.0. The second kappa shape index (κ2) is 7.82. The number of carbonyl (C=O) groups excluding carboxylic acids is 1. The molecule has 0 aliphatic rings. The van der Waals surface area contributed by atoms with E-state index in [1.165, 1.54) is 0 Å². The largest absolute Gasteiger partial charge is 0.384 e. The van der Waals surface area contributed by atoms with E-state index < -0.39 is 0 Å².